The van der Waals surface area contributed by atoms with Crippen molar-refractivity contribution in [2.45, 2.75) is 12.5 Å². The highest BCUT2D eigenvalue weighted by Crippen LogP contribution is 2.28. The molecular weight excluding hydrogens is 304 g/mol. The molecule has 96 valence electrons. The van der Waals surface area contributed by atoms with Gasteiger partial charge in [-0.25, -0.2) is 0 Å². The highest BCUT2D eigenvalue weighted by molar-refractivity contribution is 9.10. The predicted octanol–water partition coefficient (Wildman–Crippen LogP) is 4.47. The number of hydrogen-bond acceptors (Lipinski definition) is 2. The van der Waals surface area contributed by atoms with Crippen LogP contribution in [0, 0.1) is 0 Å². The van der Waals surface area contributed by atoms with E-state index in [1.54, 1.807) is 0 Å². The number of furan rings is 1. The van der Waals surface area contributed by atoms with E-state index in [9.17, 15) is 5.11 Å². The van der Waals surface area contributed by atoms with Crippen LogP contribution in [0.15, 0.2) is 63.5 Å². The Morgan fingerprint density at radius 1 is 1.05 bits per heavy atom. The molecule has 2 aromatic carbocycles. The summed E-state index contributed by atoms with van der Waals surface area (Å²) < 4.78 is 6.68. The van der Waals surface area contributed by atoms with Gasteiger partial charge in [-0.05, 0) is 23.8 Å². The highest BCUT2D eigenvalue weighted by Gasteiger charge is 2.15. The topological polar surface area (TPSA) is 33.4 Å². The second kappa shape index (κ2) is 5.19. The minimum Gasteiger partial charge on any atom is -0.458 e. The van der Waals surface area contributed by atoms with Gasteiger partial charge in [0.1, 0.15) is 17.4 Å². The Balaban J connectivity index is 1.87. The molecule has 3 aromatic rings. The van der Waals surface area contributed by atoms with Crippen molar-refractivity contribution in [3.63, 3.8) is 0 Å². The van der Waals surface area contributed by atoms with Crippen molar-refractivity contribution < 1.29 is 9.52 Å². The Hall–Kier alpha value is -1.58. The molecule has 0 fully saturated rings. The number of hydrogen-bond donors (Lipinski definition) is 1. The Labute approximate surface area is 119 Å². The summed E-state index contributed by atoms with van der Waals surface area (Å²) in [4.78, 5) is 0. The van der Waals surface area contributed by atoms with Crippen molar-refractivity contribution in [2.24, 2.45) is 0 Å². The molecule has 0 aliphatic rings. The SMILES string of the molecule is OC(Cc1ccccc1Br)c1cc2ccccc2o1. The zero-order valence-corrected chi connectivity index (χ0v) is 11.8. The number of benzene rings is 2. The molecular formula is C16H13BrO2. The van der Waals surface area contributed by atoms with Crippen molar-refractivity contribution in [3.05, 3.63) is 70.4 Å². The first-order valence-electron chi connectivity index (χ1n) is 6.14. The molecule has 19 heavy (non-hydrogen) atoms. The summed E-state index contributed by atoms with van der Waals surface area (Å²) in [5.74, 6) is 0.608. The van der Waals surface area contributed by atoms with Gasteiger partial charge in [-0.2, -0.15) is 0 Å². The molecule has 0 aliphatic heterocycles. The van der Waals surface area contributed by atoms with Gasteiger partial charge in [-0.1, -0.05) is 52.3 Å². The van der Waals surface area contributed by atoms with Gasteiger partial charge in [0.15, 0.2) is 0 Å². The van der Waals surface area contributed by atoms with E-state index in [0.29, 0.717) is 12.2 Å². The molecule has 0 saturated heterocycles. The van der Waals surface area contributed by atoms with Crippen LogP contribution in [0.3, 0.4) is 0 Å². The minimum absolute atomic E-state index is 0.529. The number of fused-ring (bicyclic) bond motifs is 1. The van der Waals surface area contributed by atoms with Crippen LogP contribution in [0.2, 0.25) is 0 Å². The number of aliphatic hydroxyl groups excluding tert-OH is 1. The highest BCUT2D eigenvalue weighted by atomic mass is 79.9. The standard InChI is InChI=1S/C16H13BrO2/c17-13-7-3-1-5-11(13)9-14(18)16-10-12-6-2-4-8-15(12)19-16/h1-8,10,14,18H,9H2. The lowest BCUT2D eigenvalue weighted by Crippen LogP contribution is -2.00. The molecule has 0 radical (unpaired) electrons. The average Bonchev–Trinajstić information content (AvgIpc) is 2.85. The fraction of sp³-hybridized carbons (Fsp3) is 0.125. The summed E-state index contributed by atoms with van der Waals surface area (Å²) >= 11 is 3.49. The number of halogens is 1. The molecule has 1 heterocycles. The lowest BCUT2D eigenvalue weighted by molar-refractivity contribution is 0.152. The lowest BCUT2D eigenvalue weighted by Gasteiger charge is -2.09. The van der Waals surface area contributed by atoms with Crippen LogP contribution in [0.4, 0.5) is 0 Å². The second-order valence-electron chi connectivity index (χ2n) is 4.50. The minimum atomic E-state index is -0.633. The first-order valence-corrected chi connectivity index (χ1v) is 6.93. The summed E-state index contributed by atoms with van der Waals surface area (Å²) in [6.07, 6.45) is -0.104. The first kappa shape index (κ1) is 12.5. The third-order valence-electron chi connectivity index (χ3n) is 3.14. The van der Waals surface area contributed by atoms with Crippen LogP contribution in [0.1, 0.15) is 17.4 Å². The largest absolute Gasteiger partial charge is 0.458 e. The van der Waals surface area contributed by atoms with Crippen molar-refractivity contribution in [2.75, 3.05) is 0 Å². The van der Waals surface area contributed by atoms with Gasteiger partial charge in [0.05, 0.1) is 0 Å². The van der Waals surface area contributed by atoms with Gasteiger partial charge in [0, 0.05) is 16.3 Å². The summed E-state index contributed by atoms with van der Waals surface area (Å²) in [7, 11) is 0. The molecule has 0 spiro atoms. The molecule has 3 heteroatoms. The maximum atomic E-state index is 10.3. The van der Waals surface area contributed by atoms with Gasteiger partial charge >= 0.3 is 0 Å². The predicted molar refractivity (Wildman–Crippen MR) is 79.0 cm³/mol. The van der Waals surface area contributed by atoms with Crippen LogP contribution in [0.5, 0.6) is 0 Å². The Bertz CT molecular complexity index is 670. The second-order valence-corrected chi connectivity index (χ2v) is 5.35. The molecule has 0 bridgehead atoms. The third kappa shape index (κ3) is 2.57. The van der Waals surface area contributed by atoms with Crippen molar-refractivity contribution >= 4 is 26.9 Å². The van der Waals surface area contributed by atoms with Crippen LogP contribution in [-0.4, -0.2) is 5.11 Å². The van der Waals surface area contributed by atoms with Gasteiger partial charge in [-0.15, -0.1) is 0 Å². The van der Waals surface area contributed by atoms with E-state index in [2.05, 4.69) is 15.9 Å². The number of para-hydroxylation sites is 1. The number of aliphatic hydroxyl groups is 1. The number of rotatable bonds is 3. The van der Waals surface area contributed by atoms with Crippen LogP contribution in [0.25, 0.3) is 11.0 Å². The van der Waals surface area contributed by atoms with Crippen molar-refractivity contribution in [1.29, 1.82) is 0 Å². The molecule has 1 N–H and O–H groups in total. The Kier molecular flexibility index (Phi) is 3.40. The van der Waals surface area contributed by atoms with Crippen LogP contribution in [-0.2, 0) is 6.42 Å². The first-order chi connectivity index (χ1) is 9.24. The average molecular weight is 317 g/mol. The van der Waals surface area contributed by atoms with E-state index >= 15 is 0 Å². The molecule has 0 aliphatic carbocycles. The Morgan fingerprint density at radius 3 is 2.58 bits per heavy atom. The Morgan fingerprint density at radius 2 is 1.79 bits per heavy atom. The van der Waals surface area contributed by atoms with Crippen LogP contribution < -0.4 is 0 Å². The third-order valence-corrected chi connectivity index (χ3v) is 3.92. The molecule has 1 atom stereocenters. The van der Waals surface area contributed by atoms with E-state index in [-0.39, 0.29) is 0 Å². The van der Waals surface area contributed by atoms with Gasteiger partial charge in [0.2, 0.25) is 0 Å². The van der Waals surface area contributed by atoms with Crippen LogP contribution >= 0.6 is 15.9 Å². The van der Waals surface area contributed by atoms with Crippen molar-refractivity contribution in [3.8, 4) is 0 Å². The molecule has 0 saturated carbocycles. The summed E-state index contributed by atoms with van der Waals surface area (Å²) in [6.45, 7) is 0. The molecule has 3 rings (SSSR count). The van der Waals surface area contributed by atoms with Gasteiger partial charge in [0.25, 0.3) is 0 Å². The summed E-state index contributed by atoms with van der Waals surface area (Å²) in [5, 5.41) is 11.3. The molecule has 0 amide bonds. The molecule has 2 nitrogen and oxygen atoms in total. The maximum Gasteiger partial charge on any atom is 0.134 e. The van der Waals surface area contributed by atoms with E-state index in [1.165, 1.54) is 0 Å². The fourth-order valence-corrected chi connectivity index (χ4v) is 2.59. The van der Waals surface area contributed by atoms with E-state index in [4.69, 9.17) is 4.42 Å². The zero-order chi connectivity index (χ0) is 13.2. The van der Waals surface area contributed by atoms with E-state index in [1.807, 2.05) is 54.6 Å². The molecule has 1 unspecified atom stereocenters. The van der Waals surface area contributed by atoms with Gasteiger partial charge < -0.3 is 9.52 Å². The zero-order valence-electron chi connectivity index (χ0n) is 10.2. The van der Waals surface area contributed by atoms with E-state index in [0.717, 1.165) is 21.0 Å². The lowest BCUT2D eigenvalue weighted by atomic mass is 10.1. The van der Waals surface area contributed by atoms with E-state index < -0.39 is 6.10 Å². The molecule has 1 aromatic heterocycles. The smallest absolute Gasteiger partial charge is 0.134 e. The monoisotopic (exact) mass is 316 g/mol. The van der Waals surface area contributed by atoms with Crippen molar-refractivity contribution in [1.82, 2.24) is 0 Å². The fourth-order valence-electron chi connectivity index (χ4n) is 2.14. The normalized spacial score (nSPS) is 12.7. The quantitative estimate of drug-likeness (QED) is 0.773. The van der Waals surface area contributed by atoms with Gasteiger partial charge in [-0.3, -0.25) is 0 Å². The maximum absolute atomic E-state index is 10.3. The summed E-state index contributed by atoms with van der Waals surface area (Å²) in [5.41, 5.74) is 1.87. The summed E-state index contributed by atoms with van der Waals surface area (Å²) in [6, 6.07) is 17.6.